The van der Waals surface area contributed by atoms with Crippen molar-refractivity contribution in [2.75, 3.05) is 7.11 Å². The number of carbonyl (C=O) groups excluding carboxylic acids is 1. The van der Waals surface area contributed by atoms with Crippen LogP contribution in [0.3, 0.4) is 0 Å². The van der Waals surface area contributed by atoms with Crippen LogP contribution in [-0.4, -0.2) is 12.4 Å². The fraction of sp³-hybridized carbons (Fsp3) is 0.250. The van der Waals surface area contributed by atoms with Gasteiger partial charge in [-0.2, -0.15) is 0 Å². The van der Waals surface area contributed by atoms with Gasteiger partial charge >= 0.3 is 0 Å². The largest absolute Gasteiger partial charge is 0.380 e. The van der Waals surface area contributed by atoms with E-state index in [1.54, 1.807) is 20.1 Å². The van der Waals surface area contributed by atoms with E-state index in [4.69, 9.17) is 16.3 Å². The van der Waals surface area contributed by atoms with Crippen molar-refractivity contribution in [1.82, 2.24) is 0 Å². The molecule has 3 heteroatoms. The van der Waals surface area contributed by atoms with Crippen molar-refractivity contribution in [3.8, 4) is 0 Å². The van der Waals surface area contributed by atoms with Gasteiger partial charge in [0.1, 0.15) is 0 Å². The molecule has 1 rings (SSSR count). The first-order valence-corrected chi connectivity index (χ1v) is 5.01. The third-order valence-corrected chi connectivity index (χ3v) is 2.31. The summed E-state index contributed by atoms with van der Waals surface area (Å²) in [7, 11) is 1.62. The molecule has 0 atom stereocenters. The molecule has 80 valence electrons. The number of hydrogen-bond acceptors (Lipinski definition) is 2. The lowest BCUT2D eigenvalue weighted by molar-refractivity contribution is -0.106. The third kappa shape index (κ3) is 2.91. The first kappa shape index (κ1) is 12.0. The standard InChI is InChI=1S/C12H13ClO2/c1-3-10(12(13)14)11-7-5-4-6-9(11)8-15-2/h3-7H,8H2,1-2H3/b10-3-. The molecule has 0 N–H and O–H groups in total. The minimum Gasteiger partial charge on any atom is -0.380 e. The molecule has 15 heavy (non-hydrogen) atoms. The highest BCUT2D eigenvalue weighted by atomic mass is 35.5. The maximum atomic E-state index is 11.2. The lowest BCUT2D eigenvalue weighted by Crippen LogP contribution is -1.99. The Kier molecular flexibility index (Phi) is 4.53. The van der Waals surface area contributed by atoms with E-state index in [0.717, 1.165) is 11.1 Å². The highest BCUT2D eigenvalue weighted by Gasteiger charge is 2.11. The number of methoxy groups -OCH3 is 1. The Morgan fingerprint density at radius 1 is 1.47 bits per heavy atom. The zero-order valence-corrected chi connectivity index (χ0v) is 9.54. The quantitative estimate of drug-likeness (QED) is 0.581. The van der Waals surface area contributed by atoms with Crippen LogP contribution in [0.4, 0.5) is 0 Å². The third-order valence-electron chi connectivity index (χ3n) is 2.11. The fourth-order valence-corrected chi connectivity index (χ4v) is 1.65. The molecule has 1 aromatic rings. The van der Waals surface area contributed by atoms with Gasteiger partial charge in [-0.1, -0.05) is 30.3 Å². The van der Waals surface area contributed by atoms with Crippen molar-refractivity contribution in [3.05, 3.63) is 41.5 Å². The van der Waals surface area contributed by atoms with E-state index in [1.165, 1.54) is 0 Å². The molecule has 0 radical (unpaired) electrons. The Balaban J connectivity index is 3.17. The van der Waals surface area contributed by atoms with Crippen LogP contribution < -0.4 is 0 Å². The van der Waals surface area contributed by atoms with E-state index in [-0.39, 0.29) is 0 Å². The maximum Gasteiger partial charge on any atom is 0.252 e. The van der Waals surface area contributed by atoms with E-state index >= 15 is 0 Å². The first-order valence-electron chi connectivity index (χ1n) is 4.64. The van der Waals surface area contributed by atoms with Crippen molar-refractivity contribution in [2.45, 2.75) is 13.5 Å². The van der Waals surface area contributed by atoms with Crippen molar-refractivity contribution in [1.29, 1.82) is 0 Å². The molecular weight excluding hydrogens is 212 g/mol. The van der Waals surface area contributed by atoms with Crippen molar-refractivity contribution < 1.29 is 9.53 Å². The van der Waals surface area contributed by atoms with Crippen LogP contribution in [0.1, 0.15) is 18.1 Å². The molecule has 0 amide bonds. The van der Waals surface area contributed by atoms with Gasteiger partial charge in [0.25, 0.3) is 5.24 Å². The van der Waals surface area contributed by atoms with Crippen molar-refractivity contribution in [2.24, 2.45) is 0 Å². The van der Waals surface area contributed by atoms with E-state index in [2.05, 4.69) is 0 Å². The number of ether oxygens (including phenoxy) is 1. The Morgan fingerprint density at radius 2 is 2.13 bits per heavy atom. The molecular formula is C12H13ClO2. The van der Waals surface area contributed by atoms with E-state index in [0.29, 0.717) is 12.2 Å². The molecule has 2 nitrogen and oxygen atoms in total. The zero-order chi connectivity index (χ0) is 11.3. The first-order chi connectivity index (χ1) is 7.20. The number of rotatable bonds is 4. The average Bonchev–Trinajstić information content (AvgIpc) is 2.21. The SMILES string of the molecule is C/C=C(\C(=O)Cl)c1ccccc1COC. The van der Waals surface area contributed by atoms with Crippen molar-refractivity contribution >= 4 is 22.4 Å². The summed E-state index contributed by atoms with van der Waals surface area (Å²) in [5.74, 6) is 0. The van der Waals surface area contributed by atoms with Crippen LogP contribution in [0, 0.1) is 0 Å². The Morgan fingerprint density at radius 3 is 2.67 bits per heavy atom. The number of benzene rings is 1. The Bertz CT molecular complexity index is 383. The van der Waals surface area contributed by atoms with Crippen LogP contribution in [0.15, 0.2) is 30.3 Å². The Hall–Kier alpha value is -1.12. The summed E-state index contributed by atoms with van der Waals surface area (Å²) in [6.07, 6.45) is 1.71. The summed E-state index contributed by atoms with van der Waals surface area (Å²) in [6, 6.07) is 7.56. The number of carbonyl (C=O) groups is 1. The van der Waals surface area contributed by atoms with E-state index in [9.17, 15) is 4.79 Å². The maximum absolute atomic E-state index is 11.2. The lowest BCUT2D eigenvalue weighted by atomic mass is 10.0. The smallest absolute Gasteiger partial charge is 0.252 e. The topological polar surface area (TPSA) is 26.3 Å². The van der Waals surface area contributed by atoms with E-state index in [1.807, 2.05) is 24.3 Å². The predicted molar refractivity (Wildman–Crippen MR) is 61.7 cm³/mol. The average molecular weight is 225 g/mol. The summed E-state index contributed by atoms with van der Waals surface area (Å²) >= 11 is 5.50. The normalized spacial score (nSPS) is 11.5. The van der Waals surface area contributed by atoms with Crippen LogP contribution >= 0.6 is 11.6 Å². The highest BCUT2D eigenvalue weighted by molar-refractivity contribution is 6.74. The van der Waals surface area contributed by atoms with Crippen LogP contribution in [-0.2, 0) is 16.1 Å². The number of halogens is 1. The molecule has 0 aliphatic heterocycles. The van der Waals surface area contributed by atoms with Crippen LogP contribution in [0.5, 0.6) is 0 Å². The van der Waals surface area contributed by atoms with Gasteiger partial charge < -0.3 is 4.74 Å². The van der Waals surface area contributed by atoms with Gasteiger partial charge in [0.05, 0.1) is 6.61 Å². The van der Waals surface area contributed by atoms with Gasteiger partial charge in [-0.3, -0.25) is 4.79 Å². The lowest BCUT2D eigenvalue weighted by Gasteiger charge is -2.08. The van der Waals surface area contributed by atoms with Gasteiger partial charge in [0.2, 0.25) is 0 Å². The van der Waals surface area contributed by atoms with Gasteiger partial charge in [-0.05, 0) is 29.7 Å². The minimum atomic E-state index is -0.443. The van der Waals surface area contributed by atoms with Crippen LogP contribution in [0.25, 0.3) is 5.57 Å². The summed E-state index contributed by atoms with van der Waals surface area (Å²) in [6.45, 7) is 2.26. The summed E-state index contributed by atoms with van der Waals surface area (Å²) < 4.78 is 5.06. The second kappa shape index (κ2) is 5.69. The monoisotopic (exact) mass is 224 g/mol. The molecule has 0 aromatic heterocycles. The molecule has 0 fully saturated rings. The summed E-state index contributed by atoms with van der Waals surface area (Å²) in [5, 5.41) is -0.443. The van der Waals surface area contributed by atoms with Crippen LogP contribution in [0.2, 0.25) is 0 Å². The van der Waals surface area contributed by atoms with Gasteiger partial charge in [-0.15, -0.1) is 0 Å². The van der Waals surface area contributed by atoms with Crippen molar-refractivity contribution in [3.63, 3.8) is 0 Å². The fourth-order valence-electron chi connectivity index (χ4n) is 1.44. The molecule has 0 aliphatic rings. The minimum absolute atomic E-state index is 0.443. The highest BCUT2D eigenvalue weighted by Crippen LogP contribution is 2.22. The van der Waals surface area contributed by atoms with Gasteiger partial charge in [0, 0.05) is 12.7 Å². The summed E-state index contributed by atoms with van der Waals surface area (Å²) in [5.41, 5.74) is 2.31. The number of allylic oxidation sites excluding steroid dienone is 2. The second-order valence-electron chi connectivity index (χ2n) is 3.07. The zero-order valence-electron chi connectivity index (χ0n) is 8.79. The molecule has 0 spiro atoms. The predicted octanol–water partition coefficient (Wildman–Crippen LogP) is 3.00. The molecule has 0 aliphatic carbocycles. The molecule has 0 unspecified atom stereocenters. The summed E-state index contributed by atoms with van der Waals surface area (Å²) in [4.78, 5) is 11.2. The molecule has 0 saturated carbocycles. The van der Waals surface area contributed by atoms with Gasteiger partial charge in [0.15, 0.2) is 0 Å². The number of hydrogen-bond donors (Lipinski definition) is 0. The molecule has 0 saturated heterocycles. The second-order valence-corrected chi connectivity index (χ2v) is 3.41. The van der Waals surface area contributed by atoms with E-state index < -0.39 is 5.24 Å². The molecule has 1 aromatic carbocycles. The molecule has 0 heterocycles. The molecule has 0 bridgehead atoms. The van der Waals surface area contributed by atoms with Gasteiger partial charge in [-0.25, -0.2) is 0 Å². The Labute approximate surface area is 94.5 Å².